The van der Waals surface area contributed by atoms with E-state index >= 15 is 0 Å². The number of thioether (sulfide) groups is 1. The maximum absolute atomic E-state index is 12.0. The molecule has 0 saturated heterocycles. The molecule has 2 atom stereocenters. The van der Waals surface area contributed by atoms with E-state index in [0.29, 0.717) is 11.5 Å². The fraction of sp³-hybridized carbons (Fsp3) is 0.625. The number of hydrazine groups is 1. The molecule has 0 aromatic rings. The van der Waals surface area contributed by atoms with Crippen LogP contribution in [0.5, 0.6) is 0 Å². The van der Waals surface area contributed by atoms with Gasteiger partial charge in [0.2, 0.25) is 5.91 Å². The molecule has 0 aliphatic carbocycles. The quantitative estimate of drug-likeness (QED) is 0.0929. The number of nitrogens with one attached hydrogen (secondary N) is 2. The number of carboxylic acids is 1. The van der Waals surface area contributed by atoms with E-state index in [0.717, 1.165) is 25.7 Å². The number of hydrogen-bond acceptors (Lipinski definition) is 5. The predicted octanol–water partition coefficient (Wildman–Crippen LogP) is 4.36. The Morgan fingerprint density at radius 1 is 1.00 bits per heavy atom. The molecular weight excluding hydrogens is 426 g/mol. The molecule has 0 aliphatic heterocycles. The molecule has 0 fully saturated rings. The van der Waals surface area contributed by atoms with Crippen LogP contribution in [0, 0.1) is 5.92 Å². The average Bonchev–Trinajstić information content (AvgIpc) is 2.69. The van der Waals surface area contributed by atoms with E-state index in [1.54, 1.807) is 0 Å². The molecule has 0 rings (SSSR count). The number of carbonyl (C=O) groups is 3. The van der Waals surface area contributed by atoms with Gasteiger partial charge in [0.25, 0.3) is 5.91 Å². The van der Waals surface area contributed by atoms with E-state index in [1.165, 1.54) is 35.4 Å². The van der Waals surface area contributed by atoms with Crippen molar-refractivity contribution in [2.24, 2.45) is 11.8 Å². The summed E-state index contributed by atoms with van der Waals surface area (Å²) in [7, 11) is 0. The summed E-state index contributed by atoms with van der Waals surface area (Å²) in [5.74, 6) is 3.41. The highest BCUT2D eigenvalue weighted by Gasteiger charge is 2.22. The minimum Gasteiger partial charge on any atom is -0.481 e. The molecule has 0 spiro atoms. The van der Waals surface area contributed by atoms with Crippen LogP contribution in [0.3, 0.4) is 0 Å². The first-order valence-electron chi connectivity index (χ1n) is 10.6. The van der Waals surface area contributed by atoms with Crippen LogP contribution < -0.4 is 16.6 Å². The minimum absolute atomic E-state index is 0. The number of carboxylic acid groups (broad SMARTS) is 1. The first kappa shape index (κ1) is 32.1. The second kappa shape index (κ2) is 18.5. The highest BCUT2D eigenvalue weighted by molar-refractivity contribution is 7.99. The molecule has 0 aromatic carbocycles. The highest BCUT2D eigenvalue weighted by Crippen LogP contribution is 2.13. The van der Waals surface area contributed by atoms with Gasteiger partial charge in [-0.2, -0.15) is 11.8 Å². The fourth-order valence-electron chi connectivity index (χ4n) is 2.63. The molecule has 5 N–H and O–H groups in total. The fourth-order valence-corrected chi connectivity index (χ4v) is 3.64. The third kappa shape index (κ3) is 16.6. The van der Waals surface area contributed by atoms with Gasteiger partial charge < -0.3 is 10.4 Å². The van der Waals surface area contributed by atoms with Crippen molar-refractivity contribution in [2.45, 2.75) is 80.2 Å². The lowest BCUT2D eigenvalue weighted by atomic mass is 10.1. The van der Waals surface area contributed by atoms with E-state index in [-0.39, 0.29) is 13.8 Å². The monoisotopic (exact) mass is 469 g/mol. The van der Waals surface area contributed by atoms with Gasteiger partial charge in [-0.15, -0.1) is 0 Å². The van der Waals surface area contributed by atoms with Crippen LogP contribution in [0.1, 0.15) is 74.1 Å². The van der Waals surface area contributed by atoms with Crippen molar-refractivity contribution in [3.05, 3.63) is 34.9 Å². The number of allylic oxidation sites excluding steroid dienone is 5. The molecule has 0 heterocycles. The minimum atomic E-state index is -1.05. The van der Waals surface area contributed by atoms with Crippen molar-refractivity contribution < 1.29 is 19.5 Å². The lowest BCUT2D eigenvalue weighted by Crippen LogP contribution is -2.50. The van der Waals surface area contributed by atoms with Gasteiger partial charge in [-0.25, -0.2) is 5.84 Å². The zero-order valence-electron chi connectivity index (χ0n) is 19.5. The Hall–Kier alpha value is -2.06. The summed E-state index contributed by atoms with van der Waals surface area (Å²) in [5, 5.41) is 11.5. The van der Waals surface area contributed by atoms with Gasteiger partial charge in [-0.1, -0.05) is 49.3 Å². The van der Waals surface area contributed by atoms with Gasteiger partial charge in [-0.05, 0) is 53.4 Å². The molecule has 184 valence electrons. The molecule has 0 bridgehead atoms. The van der Waals surface area contributed by atoms with E-state index in [2.05, 4.69) is 51.2 Å². The van der Waals surface area contributed by atoms with Crippen molar-refractivity contribution in [1.29, 1.82) is 0 Å². The van der Waals surface area contributed by atoms with E-state index < -0.39 is 29.7 Å². The third-order valence-electron chi connectivity index (χ3n) is 4.66. The third-order valence-corrected chi connectivity index (χ3v) is 5.64. The SMILES string of the molecule is C.CC(C)=CCC/C(C)=C/CC/C(C)=C/CSC[C@H](NC(=O)CC(C)C(=O)O)C(=O)NN. The zero-order chi connectivity index (χ0) is 23.8. The van der Waals surface area contributed by atoms with Crippen molar-refractivity contribution in [1.82, 2.24) is 10.7 Å². The molecule has 0 aliphatic rings. The number of nitrogens with two attached hydrogens (primary N) is 1. The van der Waals surface area contributed by atoms with E-state index in [9.17, 15) is 14.4 Å². The molecule has 0 aromatic heterocycles. The first-order chi connectivity index (χ1) is 14.6. The smallest absolute Gasteiger partial charge is 0.306 e. The van der Waals surface area contributed by atoms with Crippen molar-refractivity contribution in [2.75, 3.05) is 11.5 Å². The molecule has 0 radical (unpaired) electrons. The van der Waals surface area contributed by atoms with Crippen LogP contribution >= 0.6 is 11.8 Å². The summed E-state index contributed by atoms with van der Waals surface area (Å²) in [6.45, 7) is 9.93. The number of hydrogen-bond donors (Lipinski definition) is 4. The van der Waals surface area contributed by atoms with Crippen LogP contribution in [-0.2, 0) is 14.4 Å². The summed E-state index contributed by atoms with van der Waals surface area (Å²) in [6.07, 6.45) is 10.6. The number of aliphatic carboxylic acids is 1. The topological polar surface area (TPSA) is 122 Å². The highest BCUT2D eigenvalue weighted by atomic mass is 32.2. The average molecular weight is 470 g/mol. The normalized spacial score (nSPS) is 13.4. The van der Waals surface area contributed by atoms with E-state index in [4.69, 9.17) is 10.9 Å². The Balaban J connectivity index is 0. The Kier molecular flexibility index (Phi) is 18.6. The maximum atomic E-state index is 12.0. The van der Waals surface area contributed by atoms with Gasteiger partial charge in [0.15, 0.2) is 0 Å². The van der Waals surface area contributed by atoms with Crippen LogP contribution in [0.4, 0.5) is 0 Å². The van der Waals surface area contributed by atoms with Gasteiger partial charge in [-0.3, -0.25) is 19.8 Å². The summed E-state index contributed by atoms with van der Waals surface area (Å²) in [4.78, 5) is 34.8. The molecule has 7 nitrogen and oxygen atoms in total. The molecule has 2 amide bonds. The van der Waals surface area contributed by atoms with Crippen molar-refractivity contribution in [3.63, 3.8) is 0 Å². The second-order valence-electron chi connectivity index (χ2n) is 8.07. The first-order valence-corrected chi connectivity index (χ1v) is 11.8. The van der Waals surface area contributed by atoms with Gasteiger partial charge in [0.1, 0.15) is 6.04 Å². The largest absolute Gasteiger partial charge is 0.481 e. The lowest BCUT2D eigenvalue weighted by molar-refractivity contribution is -0.143. The maximum Gasteiger partial charge on any atom is 0.306 e. The Labute approximate surface area is 198 Å². The number of rotatable bonds is 15. The van der Waals surface area contributed by atoms with Crippen molar-refractivity contribution in [3.8, 4) is 0 Å². The lowest BCUT2D eigenvalue weighted by Gasteiger charge is -2.17. The summed E-state index contributed by atoms with van der Waals surface area (Å²) >= 11 is 1.51. The summed E-state index contributed by atoms with van der Waals surface area (Å²) in [6, 6.07) is -0.802. The molecule has 1 unspecified atom stereocenters. The number of amides is 2. The summed E-state index contributed by atoms with van der Waals surface area (Å²) in [5.41, 5.74) is 6.08. The van der Waals surface area contributed by atoms with Crippen LogP contribution in [0.25, 0.3) is 0 Å². The van der Waals surface area contributed by atoms with Crippen molar-refractivity contribution >= 4 is 29.5 Å². The van der Waals surface area contributed by atoms with E-state index in [1.807, 2.05) is 5.43 Å². The van der Waals surface area contributed by atoms with Crippen LogP contribution in [0.2, 0.25) is 0 Å². The number of carbonyl (C=O) groups excluding carboxylic acids is 2. The van der Waals surface area contributed by atoms with Crippen LogP contribution in [0.15, 0.2) is 34.9 Å². The molecule has 8 heteroatoms. The van der Waals surface area contributed by atoms with Gasteiger partial charge in [0.05, 0.1) is 5.92 Å². The van der Waals surface area contributed by atoms with Crippen LogP contribution in [-0.4, -0.2) is 40.4 Å². The second-order valence-corrected chi connectivity index (χ2v) is 9.14. The summed E-state index contributed by atoms with van der Waals surface area (Å²) < 4.78 is 0. The molecule has 32 heavy (non-hydrogen) atoms. The molecule has 0 saturated carbocycles. The van der Waals surface area contributed by atoms with Gasteiger partial charge in [0, 0.05) is 17.9 Å². The standard InChI is InChI=1S/C23H39N3O4S.CH4/c1-16(2)8-6-9-17(3)10-7-11-18(4)12-13-31-15-20(22(28)26-24)25-21(27)14-19(5)23(29)30;/h8,10,12,19-20H,6-7,9,11,13-15,24H2,1-5H3,(H,25,27)(H,26,28)(H,29,30);1H4/b17-10+,18-12+;/t19?,20-;/m0./s1. The zero-order valence-corrected chi connectivity index (χ0v) is 20.3. The Morgan fingerprint density at radius 2 is 1.56 bits per heavy atom. The predicted molar refractivity (Wildman–Crippen MR) is 135 cm³/mol. The Bertz CT molecular complexity index is 683. The molecular formula is C24H43N3O4S. The van der Waals surface area contributed by atoms with Gasteiger partial charge >= 0.3 is 5.97 Å². The Morgan fingerprint density at radius 3 is 2.09 bits per heavy atom.